The first-order valence-electron chi connectivity index (χ1n) is 16.0. The Labute approximate surface area is 252 Å². The molecule has 0 aromatic rings. The lowest BCUT2D eigenvalue weighted by Crippen LogP contribution is -2.45. The second-order valence-corrected chi connectivity index (χ2v) is 10.1. The molecule has 0 saturated heterocycles. The van der Waals surface area contributed by atoms with E-state index in [1.807, 2.05) is 6.08 Å². The Morgan fingerprint density at radius 2 is 1.07 bits per heavy atom. The summed E-state index contributed by atoms with van der Waals surface area (Å²) in [7, 11) is 0. The van der Waals surface area contributed by atoms with E-state index >= 15 is 0 Å². The molecule has 2 atom stereocenters. The Balaban J connectivity index is 3.84. The second-order valence-electron chi connectivity index (χ2n) is 10.1. The summed E-state index contributed by atoms with van der Waals surface area (Å²) in [5, 5.41) is 22.6. The van der Waals surface area contributed by atoms with Crippen molar-refractivity contribution in [2.24, 2.45) is 0 Å². The summed E-state index contributed by atoms with van der Waals surface area (Å²) in [6.07, 6.45) is 47.8. The molecule has 0 heterocycles. The third-order valence-corrected chi connectivity index (χ3v) is 6.30. The number of hydrogen-bond acceptors (Lipinski definition) is 3. The molecule has 0 aliphatic rings. The summed E-state index contributed by atoms with van der Waals surface area (Å²) in [5.41, 5.74) is 0. The number of aliphatic hydroxyl groups is 2. The average molecular weight is 566 g/mol. The maximum absolute atomic E-state index is 12.2. The van der Waals surface area contributed by atoms with Crippen molar-refractivity contribution in [1.29, 1.82) is 0 Å². The van der Waals surface area contributed by atoms with Gasteiger partial charge in [-0.15, -0.1) is 0 Å². The van der Waals surface area contributed by atoms with E-state index in [1.54, 1.807) is 6.08 Å². The van der Waals surface area contributed by atoms with Crippen molar-refractivity contribution < 1.29 is 15.0 Å². The number of allylic oxidation sites excluding steroid dienone is 15. The van der Waals surface area contributed by atoms with E-state index in [9.17, 15) is 15.0 Å². The van der Waals surface area contributed by atoms with E-state index in [4.69, 9.17) is 0 Å². The first kappa shape index (κ1) is 38.3. The van der Waals surface area contributed by atoms with Gasteiger partial charge in [-0.25, -0.2) is 0 Å². The Bertz CT molecular complexity index is 829. The minimum Gasteiger partial charge on any atom is -0.394 e. The molecule has 1 amide bonds. The van der Waals surface area contributed by atoms with Gasteiger partial charge in [-0.3, -0.25) is 4.79 Å². The van der Waals surface area contributed by atoms with Crippen molar-refractivity contribution in [3.8, 4) is 0 Å². The van der Waals surface area contributed by atoms with Gasteiger partial charge in [0.05, 0.1) is 18.8 Å². The van der Waals surface area contributed by atoms with Crippen LogP contribution < -0.4 is 5.32 Å². The average Bonchev–Trinajstić information content (AvgIpc) is 2.97. The molecular weight excluding hydrogens is 506 g/mol. The Hall–Kier alpha value is -2.69. The normalized spacial score (nSPS) is 14.5. The number of hydrogen-bond donors (Lipinski definition) is 3. The minimum absolute atomic E-state index is 0.127. The molecule has 0 aliphatic heterocycles. The predicted molar refractivity (Wildman–Crippen MR) is 179 cm³/mol. The molecular formula is C37H59NO3. The standard InChI is InChI=1S/C37H59NO3/c1-3-5-7-9-11-13-14-15-16-17-18-19-20-21-22-23-24-25-27-29-31-33-37(41)38-35(34-39)36(40)32-30-28-26-12-10-8-6-4-2/h5,7,10-13,15-16,18-19,21-22,24-25,30,32,35-36,39-40H,3-4,6,8-9,14,17,20,23,26-29,31,33-34H2,1-2H3,(H,38,41)/b7-5-,12-10+,13-11-,16-15-,19-18-,22-21-,25-24-,32-30+. The minimum atomic E-state index is -0.882. The highest BCUT2D eigenvalue weighted by Gasteiger charge is 2.17. The molecule has 0 aliphatic carbocycles. The molecule has 230 valence electrons. The van der Waals surface area contributed by atoms with Gasteiger partial charge in [0.25, 0.3) is 0 Å². The van der Waals surface area contributed by atoms with Crippen LogP contribution in [0.1, 0.15) is 110 Å². The third-order valence-electron chi connectivity index (χ3n) is 6.30. The lowest BCUT2D eigenvalue weighted by molar-refractivity contribution is -0.123. The largest absolute Gasteiger partial charge is 0.394 e. The van der Waals surface area contributed by atoms with Crippen LogP contribution in [0.4, 0.5) is 0 Å². The Kier molecular flexibility index (Phi) is 29.7. The summed E-state index contributed by atoms with van der Waals surface area (Å²) in [5.74, 6) is -0.127. The van der Waals surface area contributed by atoms with E-state index in [2.05, 4.69) is 104 Å². The van der Waals surface area contributed by atoms with Crippen LogP contribution in [-0.2, 0) is 4.79 Å². The first-order valence-corrected chi connectivity index (χ1v) is 16.0. The number of nitrogens with one attached hydrogen (secondary N) is 1. The van der Waals surface area contributed by atoms with Gasteiger partial charge >= 0.3 is 0 Å². The fourth-order valence-electron chi connectivity index (χ4n) is 3.83. The molecule has 0 rings (SSSR count). The van der Waals surface area contributed by atoms with Crippen molar-refractivity contribution >= 4 is 5.91 Å². The second kappa shape index (κ2) is 31.8. The number of carbonyl (C=O) groups excluding carboxylic acids is 1. The zero-order chi connectivity index (χ0) is 30.1. The topological polar surface area (TPSA) is 69.6 Å². The highest BCUT2D eigenvalue weighted by Crippen LogP contribution is 2.05. The highest BCUT2D eigenvalue weighted by atomic mass is 16.3. The van der Waals surface area contributed by atoms with E-state index in [-0.39, 0.29) is 12.5 Å². The summed E-state index contributed by atoms with van der Waals surface area (Å²) < 4.78 is 0. The van der Waals surface area contributed by atoms with Crippen molar-refractivity contribution in [3.05, 3.63) is 97.2 Å². The van der Waals surface area contributed by atoms with E-state index in [0.29, 0.717) is 6.42 Å². The van der Waals surface area contributed by atoms with E-state index in [0.717, 1.165) is 77.0 Å². The zero-order valence-corrected chi connectivity index (χ0v) is 26.0. The van der Waals surface area contributed by atoms with Crippen LogP contribution in [-0.4, -0.2) is 34.9 Å². The molecule has 0 fully saturated rings. The maximum atomic E-state index is 12.2. The van der Waals surface area contributed by atoms with Crippen LogP contribution in [0, 0.1) is 0 Å². The number of rotatable bonds is 26. The van der Waals surface area contributed by atoms with E-state index in [1.165, 1.54) is 12.8 Å². The zero-order valence-electron chi connectivity index (χ0n) is 26.0. The van der Waals surface area contributed by atoms with Crippen LogP contribution in [0.2, 0.25) is 0 Å². The van der Waals surface area contributed by atoms with Gasteiger partial charge in [0, 0.05) is 6.42 Å². The fourth-order valence-corrected chi connectivity index (χ4v) is 3.83. The van der Waals surface area contributed by atoms with Crippen LogP contribution in [0.25, 0.3) is 0 Å². The van der Waals surface area contributed by atoms with Crippen molar-refractivity contribution in [2.45, 2.75) is 122 Å². The van der Waals surface area contributed by atoms with Gasteiger partial charge in [0.15, 0.2) is 0 Å². The maximum Gasteiger partial charge on any atom is 0.220 e. The van der Waals surface area contributed by atoms with Crippen molar-refractivity contribution in [3.63, 3.8) is 0 Å². The lowest BCUT2D eigenvalue weighted by atomic mass is 10.1. The Morgan fingerprint density at radius 1 is 0.610 bits per heavy atom. The van der Waals surface area contributed by atoms with E-state index < -0.39 is 12.1 Å². The molecule has 41 heavy (non-hydrogen) atoms. The van der Waals surface area contributed by atoms with Gasteiger partial charge in [0.1, 0.15) is 0 Å². The number of aliphatic hydroxyl groups excluding tert-OH is 2. The van der Waals surface area contributed by atoms with Crippen molar-refractivity contribution in [2.75, 3.05) is 6.61 Å². The van der Waals surface area contributed by atoms with Gasteiger partial charge in [-0.1, -0.05) is 124 Å². The van der Waals surface area contributed by atoms with Crippen LogP contribution in [0.15, 0.2) is 97.2 Å². The molecule has 0 saturated carbocycles. The predicted octanol–water partition coefficient (Wildman–Crippen LogP) is 9.17. The molecule has 0 aromatic carbocycles. The molecule has 0 bridgehead atoms. The molecule has 0 spiro atoms. The molecule has 3 N–H and O–H groups in total. The molecule has 4 heteroatoms. The number of carbonyl (C=O) groups is 1. The molecule has 2 unspecified atom stereocenters. The molecule has 4 nitrogen and oxygen atoms in total. The van der Waals surface area contributed by atoms with Crippen molar-refractivity contribution in [1.82, 2.24) is 5.32 Å². The number of amides is 1. The van der Waals surface area contributed by atoms with Crippen LogP contribution in [0.5, 0.6) is 0 Å². The summed E-state index contributed by atoms with van der Waals surface area (Å²) in [6.45, 7) is 4.05. The van der Waals surface area contributed by atoms with Gasteiger partial charge < -0.3 is 15.5 Å². The van der Waals surface area contributed by atoms with Gasteiger partial charge in [0.2, 0.25) is 5.91 Å². The fraction of sp³-hybridized carbons (Fsp3) is 0.541. The molecule has 0 aromatic heterocycles. The summed E-state index contributed by atoms with van der Waals surface area (Å²) >= 11 is 0. The SMILES string of the molecule is CC/C=C\C/C=C\C/C=C\C/C=C\C/C=C\C/C=C\CCCCC(=O)NC(CO)C(O)/C=C/CC/C=C/CCCC. The summed E-state index contributed by atoms with van der Waals surface area (Å²) in [6, 6.07) is -0.665. The Morgan fingerprint density at radius 3 is 1.61 bits per heavy atom. The monoisotopic (exact) mass is 565 g/mol. The van der Waals surface area contributed by atoms with Crippen LogP contribution >= 0.6 is 0 Å². The first-order chi connectivity index (χ1) is 20.2. The molecule has 0 radical (unpaired) electrons. The van der Waals surface area contributed by atoms with Crippen LogP contribution in [0.3, 0.4) is 0 Å². The third kappa shape index (κ3) is 28.6. The number of unbranched alkanes of at least 4 members (excludes halogenated alkanes) is 5. The smallest absolute Gasteiger partial charge is 0.220 e. The van der Waals surface area contributed by atoms with Gasteiger partial charge in [-0.2, -0.15) is 0 Å². The highest BCUT2D eigenvalue weighted by molar-refractivity contribution is 5.76. The van der Waals surface area contributed by atoms with Gasteiger partial charge in [-0.05, 0) is 77.0 Å². The summed E-state index contributed by atoms with van der Waals surface area (Å²) in [4.78, 5) is 12.2. The quantitative estimate of drug-likeness (QED) is 0.0723. The lowest BCUT2D eigenvalue weighted by Gasteiger charge is -2.19.